The molecule has 5 nitrogen and oxygen atoms in total. The highest BCUT2D eigenvalue weighted by Gasteiger charge is 2.19. The number of para-hydroxylation sites is 1. The Morgan fingerprint density at radius 3 is 2.46 bits per heavy atom. The van der Waals surface area contributed by atoms with E-state index < -0.39 is 6.04 Å². The van der Waals surface area contributed by atoms with Gasteiger partial charge in [0.05, 0.1) is 12.6 Å². The van der Waals surface area contributed by atoms with E-state index in [0.29, 0.717) is 6.04 Å². The molecule has 0 saturated heterocycles. The monoisotopic (exact) mass is 381 g/mol. The molecule has 3 N–H and O–H groups in total. The SMILES string of the molecule is CN(Cc1ccccc1NC(=O)N[C@H](CO)c1ccccc1)C1CCCCC1. The first-order chi connectivity index (χ1) is 13.7. The highest BCUT2D eigenvalue weighted by molar-refractivity contribution is 5.90. The molecule has 1 aliphatic rings. The van der Waals surface area contributed by atoms with Crippen molar-refractivity contribution in [3.8, 4) is 0 Å². The van der Waals surface area contributed by atoms with Gasteiger partial charge >= 0.3 is 6.03 Å². The lowest BCUT2D eigenvalue weighted by atomic mass is 9.94. The van der Waals surface area contributed by atoms with Crippen LogP contribution in [0.5, 0.6) is 0 Å². The van der Waals surface area contributed by atoms with Gasteiger partial charge < -0.3 is 15.7 Å². The molecule has 28 heavy (non-hydrogen) atoms. The molecule has 2 aromatic carbocycles. The minimum Gasteiger partial charge on any atom is -0.394 e. The molecular formula is C23H31N3O2. The van der Waals surface area contributed by atoms with E-state index in [9.17, 15) is 9.90 Å². The number of aliphatic hydroxyl groups excluding tert-OH is 1. The van der Waals surface area contributed by atoms with Gasteiger partial charge in [-0.25, -0.2) is 4.79 Å². The average molecular weight is 382 g/mol. The summed E-state index contributed by atoms with van der Waals surface area (Å²) < 4.78 is 0. The molecule has 150 valence electrons. The van der Waals surface area contributed by atoms with E-state index >= 15 is 0 Å². The van der Waals surface area contributed by atoms with Crippen LogP contribution in [-0.2, 0) is 6.54 Å². The van der Waals surface area contributed by atoms with Crippen LogP contribution in [0.2, 0.25) is 0 Å². The maximum absolute atomic E-state index is 12.5. The first-order valence-electron chi connectivity index (χ1n) is 10.2. The number of anilines is 1. The Bertz CT molecular complexity index is 745. The molecule has 0 heterocycles. The van der Waals surface area contributed by atoms with Crippen LogP contribution in [0.25, 0.3) is 0 Å². The summed E-state index contributed by atoms with van der Waals surface area (Å²) in [5, 5.41) is 15.5. The molecule has 5 heteroatoms. The number of aliphatic hydroxyl groups is 1. The van der Waals surface area contributed by atoms with Crippen LogP contribution in [0.4, 0.5) is 10.5 Å². The molecule has 0 aromatic heterocycles. The smallest absolute Gasteiger partial charge is 0.319 e. The summed E-state index contributed by atoms with van der Waals surface area (Å²) in [6.07, 6.45) is 6.46. The number of rotatable bonds is 7. The molecule has 0 bridgehead atoms. The number of amides is 2. The van der Waals surface area contributed by atoms with Gasteiger partial charge in [-0.15, -0.1) is 0 Å². The van der Waals surface area contributed by atoms with E-state index in [-0.39, 0.29) is 12.6 Å². The average Bonchev–Trinajstić information content (AvgIpc) is 2.74. The Balaban J connectivity index is 1.62. The third-order valence-electron chi connectivity index (χ3n) is 5.57. The number of carbonyl (C=O) groups excluding carboxylic acids is 1. The van der Waals surface area contributed by atoms with Gasteiger partial charge in [-0.2, -0.15) is 0 Å². The summed E-state index contributed by atoms with van der Waals surface area (Å²) in [5.74, 6) is 0. The standard InChI is InChI=1S/C23H31N3O2/c1-26(20-13-6-3-7-14-20)16-19-12-8-9-15-21(19)24-23(28)25-22(17-27)18-10-4-2-5-11-18/h2,4-5,8-12,15,20,22,27H,3,6-7,13-14,16-17H2,1H3,(H2,24,25,28)/t22-/m1/s1. The molecule has 1 saturated carbocycles. The summed E-state index contributed by atoms with van der Waals surface area (Å²) in [7, 11) is 2.17. The number of nitrogens with zero attached hydrogens (tertiary/aromatic N) is 1. The minimum atomic E-state index is -0.432. The molecule has 0 radical (unpaired) electrons. The highest BCUT2D eigenvalue weighted by atomic mass is 16.3. The number of carbonyl (C=O) groups is 1. The number of urea groups is 1. The quantitative estimate of drug-likeness (QED) is 0.670. The Labute approximate surface area is 167 Å². The van der Waals surface area contributed by atoms with Gasteiger partial charge in [-0.1, -0.05) is 67.8 Å². The van der Waals surface area contributed by atoms with Crippen molar-refractivity contribution < 1.29 is 9.90 Å². The Morgan fingerprint density at radius 2 is 1.75 bits per heavy atom. The number of nitrogens with one attached hydrogen (secondary N) is 2. The van der Waals surface area contributed by atoms with E-state index in [2.05, 4.69) is 28.6 Å². The maximum Gasteiger partial charge on any atom is 0.319 e. The van der Waals surface area contributed by atoms with Crippen LogP contribution in [0, 0.1) is 0 Å². The Morgan fingerprint density at radius 1 is 1.07 bits per heavy atom. The molecule has 1 atom stereocenters. The van der Waals surface area contributed by atoms with Crippen molar-refractivity contribution in [2.75, 3.05) is 19.0 Å². The second kappa shape index (κ2) is 10.2. The highest BCUT2D eigenvalue weighted by Crippen LogP contribution is 2.25. The molecule has 0 unspecified atom stereocenters. The summed E-state index contributed by atoms with van der Waals surface area (Å²) in [6.45, 7) is 0.659. The third kappa shape index (κ3) is 5.57. The zero-order valence-electron chi connectivity index (χ0n) is 16.6. The lowest BCUT2D eigenvalue weighted by molar-refractivity contribution is 0.185. The van der Waals surface area contributed by atoms with Gasteiger partial charge in [0.2, 0.25) is 0 Å². The topological polar surface area (TPSA) is 64.6 Å². The summed E-state index contributed by atoms with van der Waals surface area (Å²) >= 11 is 0. The Kier molecular flexibility index (Phi) is 7.46. The van der Waals surface area contributed by atoms with E-state index in [1.54, 1.807) is 0 Å². The van der Waals surface area contributed by atoms with Crippen LogP contribution < -0.4 is 10.6 Å². The fraction of sp³-hybridized carbons (Fsp3) is 0.435. The third-order valence-corrected chi connectivity index (χ3v) is 5.57. The van der Waals surface area contributed by atoms with Crippen molar-refractivity contribution in [2.24, 2.45) is 0 Å². The normalized spacial score (nSPS) is 16.0. The van der Waals surface area contributed by atoms with Crippen molar-refractivity contribution >= 4 is 11.7 Å². The second-order valence-corrected chi connectivity index (χ2v) is 7.61. The zero-order valence-corrected chi connectivity index (χ0v) is 16.6. The first-order valence-corrected chi connectivity index (χ1v) is 10.2. The second-order valence-electron chi connectivity index (χ2n) is 7.61. The predicted octanol–water partition coefficient (Wildman–Crippen LogP) is 4.31. The van der Waals surface area contributed by atoms with Gasteiger partial charge in [0.15, 0.2) is 0 Å². The van der Waals surface area contributed by atoms with Crippen molar-refractivity contribution in [1.82, 2.24) is 10.2 Å². The minimum absolute atomic E-state index is 0.149. The molecule has 1 aliphatic carbocycles. The lowest BCUT2D eigenvalue weighted by Gasteiger charge is -2.31. The van der Waals surface area contributed by atoms with Crippen molar-refractivity contribution in [1.29, 1.82) is 0 Å². The van der Waals surface area contributed by atoms with Gasteiger partial charge in [0, 0.05) is 18.3 Å². The summed E-state index contributed by atoms with van der Waals surface area (Å²) in [4.78, 5) is 14.9. The van der Waals surface area contributed by atoms with E-state index in [1.165, 1.54) is 32.1 Å². The van der Waals surface area contributed by atoms with E-state index in [0.717, 1.165) is 23.4 Å². The van der Waals surface area contributed by atoms with Crippen molar-refractivity contribution in [3.05, 3.63) is 65.7 Å². The molecule has 1 fully saturated rings. The lowest BCUT2D eigenvalue weighted by Crippen LogP contribution is -2.35. The van der Waals surface area contributed by atoms with Crippen LogP contribution in [0.3, 0.4) is 0 Å². The fourth-order valence-corrected chi connectivity index (χ4v) is 3.94. The number of hydrogen-bond acceptors (Lipinski definition) is 3. The van der Waals surface area contributed by atoms with Crippen LogP contribution in [0.1, 0.15) is 49.3 Å². The number of benzene rings is 2. The van der Waals surface area contributed by atoms with Crippen LogP contribution in [-0.4, -0.2) is 35.7 Å². The largest absolute Gasteiger partial charge is 0.394 e. The predicted molar refractivity (Wildman–Crippen MR) is 113 cm³/mol. The molecule has 2 aromatic rings. The number of hydrogen-bond donors (Lipinski definition) is 3. The van der Waals surface area contributed by atoms with Crippen molar-refractivity contribution in [2.45, 2.75) is 50.7 Å². The molecular weight excluding hydrogens is 350 g/mol. The zero-order chi connectivity index (χ0) is 19.8. The Hall–Kier alpha value is -2.37. The van der Waals surface area contributed by atoms with Gasteiger partial charge in [0.1, 0.15) is 0 Å². The van der Waals surface area contributed by atoms with Crippen LogP contribution in [0.15, 0.2) is 54.6 Å². The van der Waals surface area contributed by atoms with Crippen molar-refractivity contribution in [3.63, 3.8) is 0 Å². The summed E-state index contributed by atoms with van der Waals surface area (Å²) in [5.41, 5.74) is 2.80. The van der Waals surface area contributed by atoms with E-state index in [1.807, 2.05) is 48.5 Å². The summed E-state index contributed by atoms with van der Waals surface area (Å²) in [6, 6.07) is 17.3. The molecule has 3 rings (SSSR count). The molecule has 0 aliphatic heterocycles. The molecule has 2 amide bonds. The molecule has 0 spiro atoms. The first kappa shape index (κ1) is 20.4. The van der Waals surface area contributed by atoms with Crippen LogP contribution >= 0.6 is 0 Å². The van der Waals surface area contributed by atoms with Gasteiger partial charge in [-0.05, 0) is 37.1 Å². The van der Waals surface area contributed by atoms with Gasteiger partial charge in [-0.3, -0.25) is 4.90 Å². The van der Waals surface area contributed by atoms with E-state index in [4.69, 9.17) is 0 Å². The maximum atomic E-state index is 12.5. The fourth-order valence-electron chi connectivity index (χ4n) is 3.94. The van der Waals surface area contributed by atoms with Gasteiger partial charge in [0.25, 0.3) is 0 Å².